The summed E-state index contributed by atoms with van der Waals surface area (Å²) in [6.45, 7) is 6.05. The van der Waals surface area contributed by atoms with Crippen LogP contribution in [0.5, 0.6) is 5.75 Å². The summed E-state index contributed by atoms with van der Waals surface area (Å²) in [5.41, 5.74) is 0. The van der Waals surface area contributed by atoms with Crippen LogP contribution in [0, 0.1) is 17.7 Å². The standard InChI is InChI=1S/C17H24FNO2/c1-11-6-4-7-12(2)16(11)19-17(20)13(3)21-15-9-5-8-14(18)10-15/h5,8-13,16H,4,6-7H2,1-3H3,(H,19,20). The molecule has 1 aromatic rings. The third kappa shape index (κ3) is 4.19. The van der Waals surface area contributed by atoms with E-state index in [1.807, 2.05) is 0 Å². The third-order valence-corrected chi connectivity index (χ3v) is 4.33. The first-order valence-electron chi connectivity index (χ1n) is 7.70. The number of carbonyl (C=O) groups is 1. The molecule has 0 spiro atoms. The Morgan fingerprint density at radius 3 is 2.62 bits per heavy atom. The van der Waals surface area contributed by atoms with Gasteiger partial charge in [0.15, 0.2) is 6.10 Å². The summed E-state index contributed by atoms with van der Waals surface area (Å²) in [4.78, 5) is 12.3. The van der Waals surface area contributed by atoms with Gasteiger partial charge in [-0.15, -0.1) is 0 Å². The van der Waals surface area contributed by atoms with E-state index in [1.165, 1.54) is 18.6 Å². The molecule has 1 amide bonds. The summed E-state index contributed by atoms with van der Waals surface area (Å²) in [5, 5.41) is 3.10. The van der Waals surface area contributed by atoms with Crippen LogP contribution in [0.25, 0.3) is 0 Å². The minimum absolute atomic E-state index is 0.134. The van der Waals surface area contributed by atoms with Crippen LogP contribution >= 0.6 is 0 Å². The van der Waals surface area contributed by atoms with Crippen molar-refractivity contribution in [2.24, 2.45) is 11.8 Å². The average molecular weight is 293 g/mol. The first kappa shape index (κ1) is 15.8. The topological polar surface area (TPSA) is 38.3 Å². The van der Waals surface area contributed by atoms with E-state index in [4.69, 9.17) is 4.74 Å². The van der Waals surface area contributed by atoms with E-state index < -0.39 is 6.10 Å². The number of benzene rings is 1. The SMILES string of the molecule is CC(Oc1cccc(F)c1)C(=O)NC1C(C)CCCC1C. The molecular weight excluding hydrogens is 269 g/mol. The van der Waals surface area contributed by atoms with Gasteiger partial charge in [0, 0.05) is 12.1 Å². The number of nitrogens with one attached hydrogen (secondary N) is 1. The van der Waals surface area contributed by atoms with Crippen molar-refractivity contribution in [3.8, 4) is 5.75 Å². The zero-order chi connectivity index (χ0) is 15.4. The summed E-state index contributed by atoms with van der Waals surface area (Å²) in [6.07, 6.45) is 2.89. The first-order valence-corrected chi connectivity index (χ1v) is 7.70. The van der Waals surface area contributed by atoms with Gasteiger partial charge in [0.25, 0.3) is 5.91 Å². The largest absolute Gasteiger partial charge is 0.481 e. The van der Waals surface area contributed by atoms with Crippen LogP contribution in [0.1, 0.15) is 40.0 Å². The molecule has 0 radical (unpaired) electrons. The highest BCUT2D eigenvalue weighted by atomic mass is 19.1. The van der Waals surface area contributed by atoms with Crippen LogP contribution in [-0.4, -0.2) is 18.1 Å². The van der Waals surface area contributed by atoms with Gasteiger partial charge in [-0.1, -0.05) is 26.3 Å². The van der Waals surface area contributed by atoms with Crippen LogP contribution in [0.2, 0.25) is 0 Å². The fraction of sp³-hybridized carbons (Fsp3) is 0.588. The summed E-state index contributed by atoms with van der Waals surface area (Å²) in [6, 6.07) is 6.06. The normalized spacial score (nSPS) is 27.0. The Kier molecular flexibility index (Phi) is 5.21. The van der Waals surface area contributed by atoms with Crippen molar-refractivity contribution in [2.45, 2.75) is 52.2 Å². The van der Waals surface area contributed by atoms with Gasteiger partial charge in [-0.3, -0.25) is 4.79 Å². The van der Waals surface area contributed by atoms with Crippen LogP contribution in [0.4, 0.5) is 4.39 Å². The smallest absolute Gasteiger partial charge is 0.261 e. The van der Waals surface area contributed by atoms with Crippen molar-refractivity contribution in [2.75, 3.05) is 0 Å². The van der Waals surface area contributed by atoms with Crippen molar-refractivity contribution < 1.29 is 13.9 Å². The molecule has 0 aromatic heterocycles. The lowest BCUT2D eigenvalue weighted by molar-refractivity contribution is -0.129. The molecule has 1 aliphatic carbocycles. The van der Waals surface area contributed by atoms with E-state index in [0.29, 0.717) is 17.6 Å². The van der Waals surface area contributed by atoms with E-state index in [-0.39, 0.29) is 17.8 Å². The summed E-state index contributed by atoms with van der Waals surface area (Å²) >= 11 is 0. The van der Waals surface area contributed by atoms with Gasteiger partial charge in [-0.25, -0.2) is 4.39 Å². The molecule has 1 N–H and O–H groups in total. The fourth-order valence-electron chi connectivity index (χ4n) is 3.05. The molecule has 0 aliphatic heterocycles. The average Bonchev–Trinajstić information content (AvgIpc) is 2.43. The van der Waals surface area contributed by atoms with Gasteiger partial charge in [-0.05, 0) is 43.7 Å². The van der Waals surface area contributed by atoms with Crippen LogP contribution in [0.3, 0.4) is 0 Å². The molecule has 0 bridgehead atoms. The van der Waals surface area contributed by atoms with E-state index >= 15 is 0 Å². The van der Waals surface area contributed by atoms with Crippen LogP contribution < -0.4 is 10.1 Å². The van der Waals surface area contributed by atoms with E-state index in [0.717, 1.165) is 12.8 Å². The quantitative estimate of drug-likeness (QED) is 0.922. The van der Waals surface area contributed by atoms with Gasteiger partial charge in [0.2, 0.25) is 0 Å². The second-order valence-corrected chi connectivity index (χ2v) is 6.14. The van der Waals surface area contributed by atoms with Gasteiger partial charge in [0.05, 0.1) is 0 Å². The molecular formula is C17H24FNO2. The molecule has 1 aromatic carbocycles. The zero-order valence-electron chi connectivity index (χ0n) is 12.9. The van der Waals surface area contributed by atoms with Gasteiger partial charge in [0.1, 0.15) is 11.6 Å². The van der Waals surface area contributed by atoms with Crippen LogP contribution in [0.15, 0.2) is 24.3 Å². The van der Waals surface area contributed by atoms with Gasteiger partial charge >= 0.3 is 0 Å². The molecule has 1 aliphatic rings. The Bertz CT molecular complexity index is 481. The van der Waals surface area contributed by atoms with Gasteiger partial charge in [-0.2, -0.15) is 0 Å². The zero-order valence-corrected chi connectivity index (χ0v) is 12.9. The van der Waals surface area contributed by atoms with Crippen molar-refractivity contribution in [1.29, 1.82) is 0 Å². The lowest BCUT2D eigenvalue weighted by Crippen LogP contribution is -2.49. The fourth-order valence-corrected chi connectivity index (χ4v) is 3.05. The Morgan fingerprint density at radius 1 is 1.33 bits per heavy atom. The number of hydrogen-bond acceptors (Lipinski definition) is 2. The molecule has 1 saturated carbocycles. The van der Waals surface area contributed by atoms with E-state index in [2.05, 4.69) is 19.2 Å². The molecule has 2 rings (SSSR count). The van der Waals surface area contributed by atoms with Crippen LogP contribution in [-0.2, 0) is 4.79 Å². The predicted molar refractivity (Wildman–Crippen MR) is 80.6 cm³/mol. The number of rotatable bonds is 4. The molecule has 3 nitrogen and oxygen atoms in total. The lowest BCUT2D eigenvalue weighted by atomic mass is 9.78. The summed E-state index contributed by atoms with van der Waals surface area (Å²) in [5.74, 6) is 0.847. The van der Waals surface area contributed by atoms with Crippen molar-refractivity contribution in [3.05, 3.63) is 30.1 Å². The Labute approximate surface area is 125 Å². The first-order chi connectivity index (χ1) is 9.97. The monoisotopic (exact) mass is 293 g/mol. The maximum absolute atomic E-state index is 13.1. The van der Waals surface area contributed by atoms with Crippen molar-refractivity contribution >= 4 is 5.91 Å². The molecule has 116 valence electrons. The number of hydrogen-bond donors (Lipinski definition) is 1. The Morgan fingerprint density at radius 2 is 2.00 bits per heavy atom. The molecule has 1 fully saturated rings. The molecule has 3 unspecified atom stereocenters. The molecule has 21 heavy (non-hydrogen) atoms. The Balaban J connectivity index is 1.93. The van der Waals surface area contributed by atoms with Gasteiger partial charge < -0.3 is 10.1 Å². The maximum Gasteiger partial charge on any atom is 0.261 e. The summed E-state index contributed by atoms with van der Waals surface area (Å²) in [7, 11) is 0. The van der Waals surface area contributed by atoms with E-state index in [1.54, 1.807) is 19.1 Å². The number of amides is 1. The number of ether oxygens (including phenoxy) is 1. The molecule has 0 heterocycles. The second kappa shape index (κ2) is 6.92. The molecule has 3 atom stereocenters. The van der Waals surface area contributed by atoms with Crippen molar-refractivity contribution in [1.82, 2.24) is 5.32 Å². The molecule has 4 heteroatoms. The van der Waals surface area contributed by atoms with E-state index in [9.17, 15) is 9.18 Å². The third-order valence-electron chi connectivity index (χ3n) is 4.33. The minimum Gasteiger partial charge on any atom is -0.481 e. The highest BCUT2D eigenvalue weighted by Crippen LogP contribution is 2.28. The Hall–Kier alpha value is -1.58. The van der Waals surface area contributed by atoms with Crippen molar-refractivity contribution in [3.63, 3.8) is 0 Å². The highest BCUT2D eigenvalue weighted by Gasteiger charge is 2.30. The number of carbonyl (C=O) groups excluding carboxylic acids is 1. The minimum atomic E-state index is -0.631. The highest BCUT2D eigenvalue weighted by molar-refractivity contribution is 5.81. The summed E-state index contributed by atoms with van der Waals surface area (Å²) < 4.78 is 18.6. The predicted octanol–water partition coefficient (Wildman–Crippen LogP) is 3.53. The lowest BCUT2D eigenvalue weighted by Gasteiger charge is -2.35. The number of halogens is 1. The second-order valence-electron chi connectivity index (χ2n) is 6.14. The molecule has 0 saturated heterocycles. The maximum atomic E-state index is 13.1.